The molecular formula is C22H27N3O. The molecule has 26 heavy (non-hydrogen) atoms. The van der Waals surface area contributed by atoms with E-state index in [2.05, 4.69) is 53.6 Å². The van der Waals surface area contributed by atoms with Crippen molar-refractivity contribution in [2.24, 2.45) is 9.98 Å². The van der Waals surface area contributed by atoms with E-state index in [9.17, 15) is 0 Å². The number of anilines is 1. The van der Waals surface area contributed by atoms with Crippen LogP contribution in [-0.2, 0) is 11.2 Å². The number of aliphatic imine (C=N–C) groups is 2. The van der Waals surface area contributed by atoms with Crippen LogP contribution in [0.25, 0.3) is 0 Å². The first-order valence-corrected chi connectivity index (χ1v) is 8.60. The first-order chi connectivity index (χ1) is 12.4. The molecule has 0 spiro atoms. The van der Waals surface area contributed by atoms with Gasteiger partial charge in [0.05, 0.1) is 19.4 Å². The van der Waals surface area contributed by atoms with E-state index in [0.29, 0.717) is 13.0 Å². The summed E-state index contributed by atoms with van der Waals surface area (Å²) in [6.45, 7) is 14.7. The van der Waals surface area contributed by atoms with Gasteiger partial charge in [0.15, 0.2) is 0 Å². The fraction of sp³-hybridized carbons (Fsp3) is 0.273. The second-order valence-electron chi connectivity index (χ2n) is 6.40. The Morgan fingerprint density at radius 2 is 2.08 bits per heavy atom. The maximum Gasteiger partial charge on any atom is 0.122 e. The molecule has 4 nitrogen and oxygen atoms in total. The summed E-state index contributed by atoms with van der Waals surface area (Å²) < 4.78 is 5.50. The normalized spacial score (nSPS) is 22.2. The van der Waals surface area contributed by atoms with Gasteiger partial charge < -0.3 is 10.1 Å². The summed E-state index contributed by atoms with van der Waals surface area (Å²) in [4.78, 5) is 8.87. The van der Waals surface area contributed by atoms with Crippen LogP contribution in [0, 0.1) is 6.92 Å². The third kappa shape index (κ3) is 5.31. The van der Waals surface area contributed by atoms with Crippen LogP contribution >= 0.6 is 0 Å². The molecule has 1 aromatic rings. The molecule has 0 saturated heterocycles. The zero-order valence-electron chi connectivity index (χ0n) is 16.1. The number of rotatable bonds is 5. The number of methoxy groups -OCH3 is 1. The van der Waals surface area contributed by atoms with Gasteiger partial charge in [0.1, 0.15) is 12.1 Å². The Morgan fingerprint density at radius 1 is 1.31 bits per heavy atom. The Morgan fingerprint density at radius 3 is 2.77 bits per heavy atom. The van der Waals surface area contributed by atoms with Crippen molar-refractivity contribution in [3.63, 3.8) is 0 Å². The molecule has 0 amide bonds. The number of nitrogens with one attached hydrogen (secondary N) is 1. The molecule has 0 bridgehead atoms. The van der Waals surface area contributed by atoms with E-state index < -0.39 is 0 Å². The van der Waals surface area contributed by atoms with Gasteiger partial charge in [0.2, 0.25) is 0 Å². The second-order valence-corrected chi connectivity index (χ2v) is 6.40. The van der Waals surface area contributed by atoms with E-state index in [1.54, 1.807) is 13.4 Å². The van der Waals surface area contributed by atoms with Crippen molar-refractivity contribution in [3.05, 3.63) is 77.2 Å². The van der Waals surface area contributed by atoms with Crippen molar-refractivity contribution in [1.82, 2.24) is 0 Å². The largest absolute Gasteiger partial charge is 0.496 e. The van der Waals surface area contributed by atoms with Crippen molar-refractivity contribution in [2.45, 2.75) is 27.2 Å². The molecule has 0 radical (unpaired) electrons. The third-order valence-corrected chi connectivity index (χ3v) is 4.15. The van der Waals surface area contributed by atoms with Crippen LogP contribution in [0.1, 0.15) is 25.0 Å². The van der Waals surface area contributed by atoms with Gasteiger partial charge in [-0.25, -0.2) is 4.99 Å². The first-order valence-electron chi connectivity index (χ1n) is 8.60. The minimum atomic E-state index is 0.576. The Hall–Kier alpha value is -2.88. The highest BCUT2D eigenvalue weighted by molar-refractivity contribution is 6.06. The number of nitrogens with zero attached hydrogens (tertiary/aromatic N) is 2. The number of allylic oxidation sites excluding steroid dienone is 4. The number of benzene rings is 1. The van der Waals surface area contributed by atoms with E-state index in [1.165, 1.54) is 11.1 Å². The molecule has 4 heteroatoms. The predicted octanol–water partition coefficient (Wildman–Crippen LogP) is 5.00. The highest BCUT2D eigenvalue weighted by Crippen LogP contribution is 2.20. The molecule has 0 aliphatic carbocycles. The van der Waals surface area contributed by atoms with Crippen molar-refractivity contribution >= 4 is 17.7 Å². The minimum Gasteiger partial charge on any atom is -0.496 e. The smallest absolute Gasteiger partial charge is 0.122 e. The zero-order chi connectivity index (χ0) is 19.1. The van der Waals surface area contributed by atoms with E-state index >= 15 is 0 Å². The van der Waals surface area contributed by atoms with E-state index in [1.807, 2.05) is 26.0 Å². The second kappa shape index (κ2) is 8.99. The van der Waals surface area contributed by atoms with Gasteiger partial charge in [-0.3, -0.25) is 4.99 Å². The topological polar surface area (TPSA) is 46.0 Å². The highest BCUT2D eigenvalue weighted by atomic mass is 16.5. The van der Waals surface area contributed by atoms with E-state index in [-0.39, 0.29) is 0 Å². The first kappa shape index (κ1) is 19.4. The molecule has 2 rings (SSSR count). The van der Waals surface area contributed by atoms with Crippen molar-refractivity contribution < 1.29 is 4.74 Å². The molecule has 1 heterocycles. The Balaban J connectivity index is 2.36. The molecule has 0 aromatic heterocycles. The van der Waals surface area contributed by atoms with Crippen molar-refractivity contribution in [2.75, 3.05) is 19.0 Å². The average molecular weight is 349 g/mol. The molecular weight excluding hydrogens is 322 g/mol. The van der Waals surface area contributed by atoms with Crippen LogP contribution in [0.15, 0.2) is 76.1 Å². The van der Waals surface area contributed by atoms with Crippen LogP contribution in [0.2, 0.25) is 0 Å². The maximum absolute atomic E-state index is 5.50. The molecule has 1 aromatic carbocycles. The molecule has 0 saturated carbocycles. The van der Waals surface area contributed by atoms with Gasteiger partial charge in [-0.2, -0.15) is 0 Å². The fourth-order valence-corrected chi connectivity index (χ4v) is 2.63. The molecule has 1 N–H and O–H groups in total. The molecule has 1 aliphatic rings. The molecule has 136 valence electrons. The summed E-state index contributed by atoms with van der Waals surface area (Å²) >= 11 is 0. The third-order valence-electron chi connectivity index (χ3n) is 4.15. The van der Waals surface area contributed by atoms with E-state index in [0.717, 1.165) is 34.0 Å². The molecule has 0 unspecified atom stereocenters. The summed E-state index contributed by atoms with van der Waals surface area (Å²) in [5, 5.41) is 3.26. The zero-order valence-corrected chi connectivity index (χ0v) is 16.1. The van der Waals surface area contributed by atoms with Gasteiger partial charge in [-0.05, 0) is 61.3 Å². The lowest BCUT2D eigenvalue weighted by molar-refractivity contribution is 0.300. The summed E-state index contributed by atoms with van der Waals surface area (Å²) in [6.07, 6.45) is 6.23. The standard InChI is InChI=1S/C22H27N3O/c1-15(2)25-20-8-7-16(3)19(12-20)13-21-18(5)11-22(26-6)17(4)9-10-23-14-24-21/h7-9,11-12,14,25H,1,5,10,13H2,2-4,6H3/b17-9-,22-11+,23-14-,24-21-. The van der Waals surface area contributed by atoms with Gasteiger partial charge in [-0.1, -0.05) is 25.3 Å². The number of ether oxygens (including phenoxy) is 1. The fourth-order valence-electron chi connectivity index (χ4n) is 2.63. The Labute approximate surface area is 156 Å². The lowest BCUT2D eigenvalue weighted by atomic mass is 9.97. The quantitative estimate of drug-likeness (QED) is 0.813. The molecule has 0 atom stereocenters. The number of hydrogen-bond donors (Lipinski definition) is 1. The van der Waals surface area contributed by atoms with Crippen LogP contribution in [0.4, 0.5) is 5.69 Å². The van der Waals surface area contributed by atoms with Crippen LogP contribution < -0.4 is 5.32 Å². The highest BCUT2D eigenvalue weighted by Gasteiger charge is 2.11. The Kier molecular flexibility index (Phi) is 6.73. The molecule has 1 aliphatic heterocycles. The van der Waals surface area contributed by atoms with Crippen molar-refractivity contribution in [3.8, 4) is 0 Å². The SMILES string of the molecule is C=C(C)Nc1ccc(C)c(C/C2=N/C=N\C/C=C(C)\C(OC)=C/C2=C)c1. The summed E-state index contributed by atoms with van der Waals surface area (Å²) in [6, 6.07) is 6.28. The van der Waals surface area contributed by atoms with Gasteiger partial charge in [-0.15, -0.1) is 0 Å². The summed E-state index contributed by atoms with van der Waals surface area (Å²) in [7, 11) is 1.67. The maximum atomic E-state index is 5.50. The lowest BCUT2D eigenvalue weighted by Gasteiger charge is -2.14. The summed E-state index contributed by atoms with van der Waals surface area (Å²) in [5.41, 5.74) is 7.03. The minimum absolute atomic E-state index is 0.576. The monoisotopic (exact) mass is 349 g/mol. The van der Waals surface area contributed by atoms with Gasteiger partial charge in [0.25, 0.3) is 0 Å². The average Bonchev–Trinajstić information content (AvgIpc) is 2.59. The van der Waals surface area contributed by atoms with Crippen molar-refractivity contribution in [1.29, 1.82) is 0 Å². The summed E-state index contributed by atoms with van der Waals surface area (Å²) in [5.74, 6) is 0.786. The van der Waals surface area contributed by atoms with Gasteiger partial charge in [0, 0.05) is 17.8 Å². The van der Waals surface area contributed by atoms with Crippen LogP contribution in [-0.4, -0.2) is 25.7 Å². The van der Waals surface area contributed by atoms with Crippen LogP contribution in [0.5, 0.6) is 0 Å². The Bertz CT molecular complexity index is 826. The lowest BCUT2D eigenvalue weighted by Crippen LogP contribution is -2.09. The van der Waals surface area contributed by atoms with E-state index in [4.69, 9.17) is 4.74 Å². The predicted molar refractivity (Wildman–Crippen MR) is 112 cm³/mol. The van der Waals surface area contributed by atoms with Gasteiger partial charge >= 0.3 is 0 Å². The molecule has 0 fully saturated rings. The number of aryl methyl sites for hydroxylation is 1. The van der Waals surface area contributed by atoms with Crippen LogP contribution in [0.3, 0.4) is 0 Å². The number of hydrogen-bond acceptors (Lipinski definition) is 4.